The van der Waals surface area contributed by atoms with Gasteiger partial charge < -0.3 is 5.32 Å². The lowest BCUT2D eigenvalue weighted by molar-refractivity contribution is 0.593. The van der Waals surface area contributed by atoms with Crippen molar-refractivity contribution in [2.45, 2.75) is 11.3 Å². The average molecular weight is 285 g/mol. The first-order valence-electron chi connectivity index (χ1n) is 5.37. The zero-order valence-electron chi connectivity index (χ0n) is 9.80. The fourth-order valence-electron chi connectivity index (χ4n) is 1.48. The first-order chi connectivity index (χ1) is 8.97. The Morgan fingerprint density at radius 2 is 2.21 bits per heavy atom. The van der Waals surface area contributed by atoms with Gasteiger partial charge in [-0.15, -0.1) is 0 Å². The van der Waals surface area contributed by atoms with Crippen LogP contribution in [0, 0.1) is 5.82 Å². The van der Waals surface area contributed by atoms with Crippen molar-refractivity contribution in [1.29, 1.82) is 0 Å². The number of halogens is 1. The monoisotopic (exact) mass is 285 g/mol. The van der Waals surface area contributed by atoms with Gasteiger partial charge in [0, 0.05) is 13.0 Å². The van der Waals surface area contributed by atoms with E-state index in [9.17, 15) is 12.8 Å². The first kappa shape index (κ1) is 13.4. The number of nitrogens with one attached hydrogen (secondary N) is 2. The summed E-state index contributed by atoms with van der Waals surface area (Å²) >= 11 is 0. The second-order valence-corrected chi connectivity index (χ2v) is 5.36. The maximum atomic E-state index is 13.6. The normalized spacial score (nSPS) is 11.5. The molecule has 2 rings (SSSR count). The fourth-order valence-corrected chi connectivity index (χ4v) is 2.01. The van der Waals surface area contributed by atoms with Crippen LogP contribution in [0.2, 0.25) is 0 Å². The topological polar surface area (TPSA) is 114 Å². The zero-order chi connectivity index (χ0) is 13.9. The number of nitrogens with two attached hydrogens (primary N) is 1. The Balaban J connectivity index is 2.01. The third kappa shape index (κ3) is 3.48. The van der Waals surface area contributed by atoms with Crippen LogP contribution in [0.4, 0.5) is 10.1 Å². The Morgan fingerprint density at radius 3 is 2.79 bits per heavy atom. The van der Waals surface area contributed by atoms with Gasteiger partial charge in [-0.25, -0.2) is 22.9 Å². The predicted octanol–water partition coefficient (Wildman–Crippen LogP) is 0.246. The molecule has 1 aromatic carbocycles. The van der Waals surface area contributed by atoms with E-state index >= 15 is 0 Å². The largest absolute Gasteiger partial charge is 0.382 e. The molecule has 0 aliphatic heterocycles. The van der Waals surface area contributed by atoms with E-state index in [1.54, 1.807) is 0 Å². The summed E-state index contributed by atoms with van der Waals surface area (Å²) in [7, 11) is -3.89. The molecule has 0 saturated carbocycles. The van der Waals surface area contributed by atoms with Crippen LogP contribution in [0.1, 0.15) is 5.82 Å². The van der Waals surface area contributed by atoms with Gasteiger partial charge in [-0.05, 0) is 18.2 Å². The molecule has 0 aliphatic rings. The first-order valence-corrected chi connectivity index (χ1v) is 6.92. The van der Waals surface area contributed by atoms with Crippen molar-refractivity contribution in [3.8, 4) is 0 Å². The number of benzene rings is 1. The van der Waals surface area contributed by atoms with E-state index < -0.39 is 15.8 Å². The number of aromatic amines is 1. The van der Waals surface area contributed by atoms with E-state index in [-0.39, 0.29) is 10.6 Å². The minimum atomic E-state index is -3.89. The van der Waals surface area contributed by atoms with E-state index in [2.05, 4.69) is 20.5 Å². The van der Waals surface area contributed by atoms with E-state index in [1.807, 2.05) is 0 Å². The molecule has 0 fully saturated rings. The van der Waals surface area contributed by atoms with E-state index in [0.29, 0.717) is 18.8 Å². The maximum absolute atomic E-state index is 13.6. The minimum Gasteiger partial charge on any atom is -0.382 e. The quantitative estimate of drug-likeness (QED) is 0.728. The second kappa shape index (κ2) is 5.33. The smallest absolute Gasteiger partial charge is 0.238 e. The average Bonchev–Trinajstić information content (AvgIpc) is 2.83. The van der Waals surface area contributed by atoms with E-state index in [1.165, 1.54) is 18.5 Å². The highest BCUT2D eigenvalue weighted by molar-refractivity contribution is 7.89. The highest BCUT2D eigenvalue weighted by Gasteiger charge is 2.11. The van der Waals surface area contributed by atoms with Crippen molar-refractivity contribution in [3.05, 3.63) is 36.2 Å². The van der Waals surface area contributed by atoms with Crippen LogP contribution in [-0.2, 0) is 16.4 Å². The number of aromatic nitrogens is 3. The Hall–Kier alpha value is -2.00. The van der Waals surface area contributed by atoms with Crippen molar-refractivity contribution in [2.75, 3.05) is 11.9 Å². The second-order valence-electron chi connectivity index (χ2n) is 3.80. The highest BCUT2D eigenvalue weighted by Crippen LogP contribution is 2.17. The molecule has 1 aromatic heterocycles. The lowest BCUT2D eigenvalue weighted by Gasteiger charge is -2.07. The van der Waals surface area contributed by atoms with Crippen LogP contribution < -0.4 is 10.5 Å². The van der Waals surface area contributed by atoms with Gasteiger partial charge >= 0.3 is 0 Å². The van der Waals surface area contributed by atoms with Crippen molar-refractivity contribution < 1.29 is 12.8 Å². The molecule has 0 bridgehead atoms. The number of primary sulfonamides is 1. The van der Waals surface area contributed by atoms with Gasteiger partial charge in [0.15, 0.2) is 0 Å². The molecule has 102 valence electrons. The fraction of sp³-hybridized carbons (Fsp3) is 0.200. The molecule has 1 heterocycles. The van der Waals surface area contributed by atoms with Gasteiger partial charge in [-0.2, -0.15) is 5.10 Å². The molecule has 2 aromatic rings. The molecule has 0 aliphatic carbocycles. The molecule has 4 N–H and O–H groups in total. The van der Waals surface area contributed by atoms with Gasteiger partial charge in [0.2, 0.25) is 10.0 Å². The van der Waals surface area contributed by atoms with Crippen LogP contribution in [0.5, 0.6) is 0 Å². The molecule has 9 heteroatoms. The highest BCUT2D eigenvalue weighted by atomic mass is 32.2. The number of hydrogen-bond acceptors (Lipinski definition) is 5. The predicted molar refractivity (Wildman–Crippen MR) is 66.3 cm³/mol. The Bertz CT molecular complexity index is 657. The van der Waals surface area contributed by atoms with Crippen molar-refractivity contribution in [3.63, 3.8) is 0 Å². The number of hydrogen-bond donors (Lipinski definition) is 3. The van der Waals surface area contributed by atoms with Crippen LogP contribution in [0.3, 0.4) is 0 Å². The summed E-state index contributed by atoms with van der Waals surface area (Å²) in [5.74, 6) is -0.00170. The van der Waals surface area contributed by atoms with Gasteiger partial charge in [0.1, 0.15) is 18.0 Å². The summed E-state index contributed by atoms with van der Waals surface area (Å²) in [5.41, 5.74) is 0.201. The molecule has 7 nitrogen and oxygen atoms in total. The van der Waals surface area contributed by atoms with Crippen LogP contribution >= 0.6 is 0 Å². The van der Waals surface area contributed by atoms with Gasteiger partial charge in [-0.1, -0.05) is 0 Å². The number of anilines is 1. The lowest BCUT2D eigenvalue weighted by Crippen LogP contribution is -2.13. The summed E-state index contributed by atoms with van der Waals surface area (Å²) < 4.78 is 35.7. The maximum Gasteiger partial charge on any atom is 0.238 e. The SMILES string of the molecule is NS(=O)(=O)c1ccc(NCCc2ncn[nH]2)c(F)c1. The molecular weight excluding hydrogens is 273 g/mol. The summed E-state index contributed by atoms with van der Waals surface area (Å²) in [6.07, 6.45) is 1.92. The molecular formula is C10H12FN5O2S. The van der Waals surface area contributed by atoms with Crippen LogP contribution in [0.25, 0.3) is 0 Å². The molecule has 0 saturated heterocycles. The van der Waals surface area contributed by atoms with Crippen LogP contribution in [-0.4, -0.2) is 30.1 Å². The summed E-state index contributed by atoms with van der Waals surface area (Å²) in [5, 5.41) is 14.1. The third-order valence-electron chi connectivity index (χ3n) is 2.41. The molecule has 0 radical (unpaired) electrons. The summed E-state index contributed by atoms with van der Waals surface area (Å²) in [6, 6.07) is 3.46. The Morgan fingerprint density at radius 1 is 1.42 bits per heavy atom. The van der Waals surface area contributed by atoms with Crippen LogP contribution in [0.15, 0.2) is 29.4 Å². The van der Waals surface area contributed by atoms with Crippen molar-refractivity contribution in [1.82, 2.24) is 15.2 Å². The molecule has 19 heavy (non-hydrogen) atoms. The molecule has 0 atom stereocenters. The summed E-state index contributed by atoms with van der Waals surface area (Å²) in [4.78, 5) is 3.66. The Kier molecular flexibility index (Phi) is 3.76. The molecule has 0 spiro atoms. The lowest BCUT2D eigenvalue weighted by atomic mass is 10.3. The van der Waals surface area contributed by atoms with Gasteiger partial charge in [-0.3, -0.25) is 5.10 Å². The van der Waals surface area contributed by atoms with Gasteiger partial charge in [0.05, 0.1) is 10.6 Å². The van der Waals surface area contributed by atoms with E-state index in [0.717, 1.165) is 6.07 Å². The third-order valence-corrected chi connectivity index (χ3v) is 3.32. The molecule has 0 amide bonds. The number of H-pyrrole nitrogens is 1. The van der Waals surface area contributed by atoms with Crippen molar-refractivity contribution in [2.24, 2.45) is 5.14 Å². The zero-order valence-corrected chi connectivity index (χ0v) is 10.6. The van der Waals surface area contributed by atoms with E-state index in [4.69, 9.17) is 5.14 Å². The molecule has 0 unspecified atom stereocenters. The van der Waals surface area contributed by atoms with Gasteiger partial charge in [0.25, 0.3) is 0 Å². The standard InChI is InChI=1S/C10H12FN5O2S/c11-8-5-7(19(12,17)18)1-2-9(8)13-4-3-10-14-6-15-16-10/h1-2,5-6,13H,3-4H2,(H2,12,17,18)(H,14,15,16). The summed E-state index contributed by atoms with van der Waals surface area (Å²) in [6.45, 7) is 0.431. The van der Waals surface area contributed by atoms with Crippen molar-refractivity contribution >= 4 is 15.7 Å². The number of rotatable bonds is 5. The minimum absolute atomic E-state index is 0.201. The Labute approximate surface area is 109 Å². The number of sulfonamides is 1. The number of nitrogens with zero attached hydrogens (tertiary/aromatic N) is 2.